The predicted molar refractivity (Wildman–Crippen MR) is 61.1 cm³/mol. The molecule has 1 aliphatic rings. The van der Waals surface area contributed by atoms with E-state index in [1.165, 1.54) is 0 Å². The molecule has 0 bridgehead atoms. The molecular formula is C12H15NO3. The topological polar surface area (TPSA) is 58.6 Å². The summed E-state index contributed by atoms with van der Waals surface area (Å²) in [4.78, 5) is 10.8. The van der Waals surface area contributed by atoms with Crippen molar-refractivity contribution in [1.29, 1.82) is 0 Å². The highest BCUT2D eigenvalue weighted by Gasteiger charge is 2.25. The summed E-state index contributed by atoms with van der Waals surface area (Å²) in [6.45, 7) is 0.818. The van der Waals surface area contributed by atoms with E-state index in [1.54, 1.807) is 7.11 Å². The molecule has 1 aromatic rings. The lowest BCUT2D eigenvalue weighted by Gasteiger charge is -2.27. The van der Waals surface area contributed by atoms with Gasteiger partial charge in [0.25, 0.3) is 0 Å². The van der Waals surface area contributed by atoms with Crippen LogP contribution in [0.1, 0.15) is 24.3 Å². The minimum absolute atomic E-state index is 0.0462. The largest absolute Gasteiger partial charge is 0.496 e. The molecule has 86 valence electrons. The van der Waals surface area contributed by atoms with Crippen molar-refractivity contribution in [2.24, 2.45) is 0 Å². The molecule has 0 aliphatic carbocycles. The predicted octanol–water partition coefficient (Wildman–Crippen LogP) is 2.07. The summed E-state index contributed by atoms with van der Waals surface area (Å²) < 4.78 is 5.29. The highest BCUT2D eigenvalue weighted by molar-refractivity contribution is 5.70. The number of aliphatic carboxylic acids is 1. The number of ether oxygens (including phenoxy) is 1. The molecule has 0 spiro atoms. The molecule has 4 heteroatoms. The van der Waals surface area contributed by atoms with Crippen molar-refractivity contribution >= 4 is 11.7 Å². The normalized spacial score (nSPS) is 18.4. The fourth-order valence-electron chi connectivity index (χ4n) is 2.24. The van der Waals surface area contributed by atoms with E-state index in [2.05, 4.69) is 5.32 Å². The van der Waals surface area contributed by atoms with E-state index in [-0.39, 0.29) is 12.3 Å². The number of carboxylic acids is 1. The fraction of sp³-hybridized carbons (Fsp3) is 0.417. The van der Waals surface area contributed by atoms with Crippen LogP contribution in [0.3, 0.4) is 0 Å². The van der Waals surface area contributed by atoms with Gasteiger partial charge >= 0.3 is 5.97 Å². The van der Waals surface area contributed by atoms with E-state index < -0.39 is 5.97 Å². The summed E-state index contributed by atoms with van der Waals surface area (Å²) in [7, 11) is 1.61. The lowest BCUT2D eigenvalue weighted by Crippen LogP contribution is -2.19. The number of nitrogens with one attached hydrogen (secondary N) is 1. The Balaban J connectivity index is 2.38. The minimum atomic E-state index is -0.760. The van der Waals surface area contributed by atoms with Gasteiger partial charge in [0.05, 0.1) is 13.5 Å². The number of hydrogen-bond donors (Lipinski definition) is 2. The van der Waals surface area contributed by atoms with Gasteiger partial charge in [0.15, 0.2) is 0 Å². The first kappa shape index (κ1) is 10.8. The summed E-state index contributed by atoms with van der Waals surface area (Å²) in [5.74, 6) is 0.0598. The van der Waals surface area contributed by atoms with E-state index in [0.29, 0.717) is 0 Å². The van der Waals surface area contributed by atoms with E-state index in [0.717, 1.165) is 30.0 Å². The van der Waals surface area contributed by atoms with Gasteiger partial charge in [0, 0.05) is 23.7 Å². The van der Waals surface area contributed by atoms with Crippen molar-refractivity contribution in [3.8, 4) is 5.75 Å². The first-order chi connectivity index (χ1) is 7.72. The number of carbonyl (C=O) groups is 1. The van der Waals surface area contributed by atoms with Crippen molar-refractivity contribution in [3.63, 3.8) is 0 Å². The van der Waals surface area contributed by atoms with Crippen LogP contribution >= 0.6 is 0 Å². The molecule has 2 N–H and O–H groups in total. The van der Waals surface area contributed by atoms with Gasteiger partial charge in [-0.3, -0.25) is 4.79 Å². The van der Waals surface area contributed by atoms with Crippen LogP contribution in [0.4, 0.5) is 5.69 Å². The molecule has 1 aliphatic heterocycles. The summed E-state index contributed by atoms with van der Waals surface area (Å²) in [6.07, 6.45) is 0.995. The molecule has 0 saturated heterocycles. The molecule has 1 unspecified atom stereocenters. The fourth-order valence-corrected chi connectivity index (χ4v) is 2.24. The highest BCUT2D eigenvalue weighted by Crippen LogP contribution is 2.39. The quantitative estimate of drug-likeness (QED) is 0.820. The Bertz CT molecular complexity index is 389. The van der Waals surface area contributed by atoms with Crippen molar-refractivity contribution < 1.29 is 14.6 Å². The molecule has 4 nitrogen and oxygen atoms in total. The molecule has 0 radical (unpaired) electrons. The molecule has 16 heavy (non-hydrogen) atoms. The number of rotatable bonds is 3. The average Bonchev–Trinajstić information content (AvgIpc) is 2.28. The molecule has 0 aromatic heterocycles. The van der Waals surface area contributed by atoms with Gasteiger partial charge < -0.3 is 15.2 Å². The van der Waals surface area contributed by atoms with Crippen molar-refractivity contribution in [3.05, 3.63) is 23.8 Å². The number of fused-ring (bicyclic) bond motifs is 1. The highest BCUT2D eigenvalue weighted by atomic mass is 16.5. The summed E-state index contributed by atoms with van der Waals surface area (Å²) in [5, 5.41) is 12.2. The van der Waals surface area contributed by atoms with Crippen LogP contribution in [0.2, 0.25) is 0 Å². The summed E-state index contributed by atoms with van der Waals surface area (Å²) in [6, 6.07) is 5.75. The number of hydrogen-bond acceptors (Lipinski definition) is 3. The maximum Gasteiger partial charge on any atom is 0.303 e. The number of methoxy groups -OCH3 is 1. The monoisotopic (exact) mass is 221 g/mol. The molecular weight excluding hydrogens is 206 g/mol. The van der Waals surface area contributed by atoms with Gasteiger partial charge in [-0.2, -0.15) is 0 Å². The van der Waals surface area contributed by atoms with Crippen LogP contribution in [-0.2, 0) is 4.79 Å². The third-order valence-corrected chi connectivity index (χ3v) is 2.92. The van der Waals surface area contributed by atoms with Crippen LogP contribution < -0.4 is 10.1 Å². The van der Waals surface area contributed by atoms with Gasteiger partial charge in [-0.05, 0) is 18.6 Å². The van der Waals surface area contributed by atoms with Gasteiger partial charge in [-0.25, -0.2) is 0 Å². The SMILES string of the molecule is COc1cccc2c1C(CC(=O)O)CCN2. The van der Waals surface area contributed by atoms with Crippen LogP contribution in [0.5, 0.6) is 5.75 Å². The maximum atomic E-state index is 10.8. The Morgan fingerprint density at radius 1 is 1.62 bits per heavy atom. The zero-order valence-electron chi connectivity index (χ0n) is 9.19. The summed E-state index contributed by atoms with van der Waals surface area (Å²) >= 11 is 0. The standard InChI is InChI=1S/C12H15NO3/c1-16-10-4-2-3-9-12(10)8(5-6-13-9)7-11(14)15/h2-4,8,13H,5-7H2,1H3,(H,14,15). The Hall–Kier alpha value is -1.71. The van der Waals surface area contributed by atoms with E-state index in [9.17, 15) is 4.79 Å². The minimum Gasteiger partial charge on any atom is -0.496 e. The van der Waals surface area contributed by atoms with Gasteiger partial charge in [-0.15, -0.1) is 0 Å². The third kappa shape index (κ3) is 1.96. The van der Waals surface area contributed by atoms with Crippen molar-refractivity contribution in [2.75, 3.05) is 19.0 Å². The lowest BCUT2D eigenvalue weighted by atomic mass is 9.87. The first-order valence-corrected chi connectivity index (χ1v) is 5.35. The van der Waals surface area contributed by atoms with Gasteiger partial charge in [-0.1, -0.05) is 6.07 Å². The lowest BCUT2D eigenvalue weighted by molar-refractivity contribution is -0.137. The Labute approximate surface area is 94.2 Å². The third-order valence-electron chi connectivity index (χ3n) is 2.92. The maximum absolute atomic E-state index is 10.8. The second-order valence-corrected chi connectivity index (χ2v) is 3.93. The Morgan fingerprint density at radius 3 is 3.12 bits per heavy atom. The van der Waals surface area contributed by atoms with Crippen LogP contribution in [0.15, 0.2) is 18.2 Å². The zero-order chi connectivity index (χ0) is 11.5. The first-order valence-electron chi connectivity index (χ1n) is 5.35. The molecule has 1 heterocycles. The van der Waals surface area contributed by atoms with E-state index >= 15 is 0 Å². The number of anilines is 1. The van der Waals surface area contributed by atoms with Crippen LogP contribution in [0.25, 0.3) is 0 Å². The van der Waals surface area contributed by atoms with Crippen molar-refractivity contribution in [2.45, 2.75) is 18.8 Å². The molecule has 2 rings (SSSR count). The van der Waals surface area contributed by atoms with E-state index in [1.807, 2.05) is 18.2 Å². The Kier molecular flexibility index (Phi) is 2.99. The Morgan fingerprint density at radius 2 is 2.44 bits per heavy atom. The molecule has 0 saturated carbocycles. The van der Waals surface area contributed by atoms with Gasteiger partial charge in [0.2, 0.25) is 0 Å². The van der Waals surface area contributed by atoms with E-state index in [4.69, 9.17) is 9.84 Å². The second-order valence-electron chi connectivity index (χ2n) is 3.93. The summed E-state index contributed by atoms with van der Waals surface area (Å²) in [5.41, 5.74) is 2.00. The molecule has 1 atom stereocenters. The molecule has 0 amide bonds. The van der Waals surface area contributed by atoms with Crippen molar-refractivity contribution in [1.82, 2.24) is 0 Å². The number of carboxylic acid groups (broad SMARTS) is 1. The van der Waals surface area contributed by atoms with Crippen LogP contribution in [-0.4, -0.2) is 24.7 Å². The van der Waals surface area contributed by atoms with Crippen LogP contribution in [0, 0.1) is 0 Å². The smallest absolute Gasteiger partial charge is 0.303 e. The number of benzene rings is 1. The van der Waals surface area contributed by atoms with Gasteiger partial charge in [0.1, 0.15) is 5.75 Å². The molecule has 1 aromatic carbocycles. The zero-order valence-corrected chi connectivity index (χ0v) is 9.19. The average molecular weight is 221 g/mol. The molecule has 0 fully saturated rings. The second kappa shape index (κ2) is 4.43.